The van der Waals surface area contributed by atoms with Gasteiger partial charge in [-0.3, -0.25) is 9.59 Å². The van der Waals surface area contributed by atoms with Gasteiger partial charge in [0, 0.05) is 13.3 Å². The van der Waals surface area contributed by atoms with E-state index in [-0.39, 0.29) is 24.0 Å². The number of carbonyl (C=O) groups is 2. The van der Waals surface area contributed by atoms with E-state index in [9.17, 15) is 9.59 Å². The van der Waals surface area contributed by atoms with Crippen LogP contribution in [0.2, 0.25) is 0 Å². The molecular weight excluding hydrogens is 196 g/mol. The van der Waals surface area contributed by atoms with Crippen LogP contribution in [-0.4, -0.2) is 30.6 Å². The van der Waals surface area contributed by atoms with E-state index in [0.717, 1.165) is 6.42 Å². The minimum absolute atomic E-state index is 0.0937. The van der Waals surface area contributed by atoms with Crippen molar-refractivity contribution in [3.8, 4) is 0 Å². The first-order valence-corrected chi connectivity index (χ1v) is 5.45. The van der Waals surface area contributed by atoms with Crippen molar-refractivity contribution in [2.45, 2.75) is 51.7 Å². The molecule has 0 aromatic rings. The quantitative estimate of drug-likeness (QED) is 0.513. The number of carbonyl (C=O) groups excluding carboxylic acids is 2. The largest absolute Gasteiger partial charge is 0.466 e. The maximum atomic E-state index is 11.4. The number of hydrogen-bond donors (Lipinski definition) is 0. The Morgan fingerprint density at radius 2 is 2.33 bits per heavy atom. The fourth-order valence-electron chi connectivity index (χ4n) is 1.67. The Hall–Kier alpha value is -0.900. The van der Waals surface area contributed by atoms with Crippen LogP contribution in [-0.2, 0) is 19.1 Å². The topological polar surface area (TPSA) is 52.6 Å². The van der Waals surface area contributed by atoms with E-state index in [1.165, 1.54) is 6.92 Å². The van der Waals surface area contributed by atoms with E-state index in [0.29, 0.717) is 25.9 Å². The summed E-state index contributed by atoms with van der Waals surface area (Å²) >= 11 is 0. The molecular formula is C11H18O4. The Bertz CT molecular complexity index is 237. The molecule has 0 bridgehead atoms. The van der Waals surface area contributed by atoms with E-state index in [1.807, 2.05) is 6.92 Å². The molecule has 1 heterocycles. The Kier molecular flexibility index (Phi) is 4.75. The molecule has 1 fully saturated rings. The van der Waals surface area contributed by atoms with Gasteiger partial charge in [-0.2, -0.15) is 0 Å². The summed E-state index contributed by atoms with van der Waals surface area (Å²) in [6.45, 7) is 3.77. The molecule has 1 aliphatic rings. The molecule has 0 spiro atoms. The SMILES string of the molecule is CC[C@H]1CC(=O)[C@@H](CCCOC(C)=O)O1. The highest BCUT2D eigenvalue weighted by molar-refractivity contribution is 5.85. The molecule has 0 amide bonds. The summed E-state index contributed by atoms with van der Waals surface area (Å²) in [7, 11) is 0. The molecule has 4 heteroatoms. The first-order valence-electron chi connectivity index (χ1n) is 5.45. The lowest BCUT2D eigenvalue weighted by Crippen LogP contribution is -2.16. The number of rotatable bonds is 5. The summed E-state index contributed by atoms with van der Waals surface area (Å²) in [6.07, 6.45) is 2.58. The van der Waals surface area contributed by atoms with Gasteiger partial charge in [-0.1, -0.05) is 6.92 Å². The zero-order chi connectivity index (χ0) is 11.3. The standard InChI is InChI=1S/C11H18O4/c1-3-9-7-10(13)11(15-9)5-4-6-14-8(2)12/h9,11H,3-7H2,1-2H3/t9-,11+/m0/s1. The van der Waals surface area contributed by atoms with Gasteiger partial charge < -0.3 is 9.47 Å². The molecule has 4 nitrogen and oxygen atoms in total. The Labute approximate surface area is 89.9 Å². The number of Topliss-reactive ketones (excluding diaryl/α,β-unsaturated/α-hetero) is 1. The molecule has 0 aliphatic carbocycles. The van der Waals surface area contributed by atoms with Gasteiger partial charge in [0.15, 0.2) is 5.78 Å². The van der Waals surface area contributed by atoms with E-state index in [4.69, 9.17) is 9.47 Å². The second-order valence-electron chi connectivity index (χ2n) is 3.81. The van der Waals surface area contributed by atoms with Gasteiger partial charge >= 0.3 is 5.97 Å². The van der Waals surface area contributed by atoms with Crippen molar-refractivity contribution in [3.05, 3.63) is 0 Å². The van der Waals surface area contributed by atoms with Gasteiger partial charge in [0.05, 0.1) is 12.7 Å². The Morgan fingerprint density at radius 3 is 2.87 bits per heavy atom. The van der Waals surface area contributed by atoms with Crippen molar-refractivity contribution in [2.24, 2.45) is 0 Å². The minimum Gasteiger partial charge on any atom is -0.466 e. The van der Waals surface area contributed by atoms with Crippen LogP contribution in [0.3, 0.4) is 0 Å². The predicted octanol–water partition coefficient (Wildman–Crippen LogP) is 1.47. The average Bonchev–Trinajstić information content (AvgIpc) is 2.54. The predicted molar refractivity (Wildman–Crippen MR) is 54.4 cm³/mol. The fraction of sp³-hybridized carbons (Fsp3) is 0.818. The maximum absolute atomic E-state index is 11.4. The molecule has 0 N–H and O–H groups in total. The zero-order valence-electron chi connectivity index (χ0n) is 9.32. The van der Waals surface area contributed by atoms with Gasteiger partial charge in [0.25, 0.3) is 0 Å². The van der Waals surface area contributed by atoms with E-state index >= 15 is 0 Å². The fourth-order valence-corrected chi connectivity index (χ4v) is 1.67. The molecule has 1 aliphatic heterocycles. The molecule has 0 aromatic carbocycles. The van der Waals surface area contributed by atoms with E-state index in [2.05, 4.69) is 0 Å². The van der Waals surface area contributed by atoms with Crippen LogP contribution in [0, 0.1) is 0 Å². The second kappa shape index (κ2) is 5.85. The molecule has 86 valence electrons. The Balaban J connectivity index is 2.16. The van der Waals surface area contributed by atoms with Gasteiger partial charge in [0.1, 0.15) is 6.10 Å². The highest BCUT2D eigenvalue weighted by Crippen LogP contribution is 2.21. The average molecular weight is 214 g/mol. The van der Waals surface area contributed by atoms with Gasteiger partial charge in [0.2, 0.25) is 0 Å². The summed E-state index contributed by atoms with van der Waals surface area (Å²) in [5.74, 6) is -0.0928. The molecule has 15 heavy (non-hydrogen) atoms. The minimum atomic E-state index is -0.278. The van der Waals surface area contributed by atoms with Crippen LogP contribution >= 0.6 is 0 Å². The normalized spacial score (nSPS) is 25.6. The van der Waals surface area contributed by atoms with Crippen molar-refractivity contribution in [1.82, 2.24) is 0 Å². The van der Waals surface area contributed by atoms with Gasteiger partial charge in [-0.25, -0.2) is 0 Å². The van der Waals surface area contributed by atoms with E-state index < -0.39 is 0 Å². The van der Waals surface area contributed by atoms with Crippen molar-refractivity contribution in [2.75, 3.05) is 6.61 Å². The monoisotopic (exact) mass is 214 g/mol. The first-order chi connectivity index (χ1) is 7.13. The van der Waals surface area contributed by atoms with Gasteiger partial charge in [-0.05, 0) is 19.3 Å². The highest BCUT2D eigenvalue weighted by atomic mass is 16.5. The second-order valence-corrected chi connectivity index (χ2v) is 3.81. The van der Waals surface area contributed by atoms with Crippen molar-refractivity contribution < 1.29 is 19.1 Å². The molecule has 1 saturated heterocycles. The van der Waals surface area contributed by atoms with Gasteiger partial charge in [-0.15, -0.1) is 0 Å². The highest BCUT2D eigenvalue weighted by Gasteiger charge is 2.31. The van der Waals surface area contributed by atoms with Crippen molar-refractivity contribution in [1.29, 1.82) is 0 Å². The third-order valence-electron chi connectivity index (χ3n) is 2.52. The van der Waals surface area contributed by atoms with Crippen LogP contribution in [0.15, 0.2) is 0 Å². The molecule has 0 radical (unpaired) electrons. The Morgan fingerprint density at radius 1 is 1.60 bits per heavy atom. The molecule has 2 atom stereocenters. The first kappa shape index (κ1) is 12.2. The van der Waals surface area contributed by atoms with Crippen LogP contribution in [0.5, 0.6) is 0 Å². The summed E-state index contributed by atoms with van der Waals surface area (Å²) in [5, 5.41) is 0. The molecule has 0 aromatic heterocycles. The summed E-state index contributed by atoms with van der Waals surface area (Å²) < 4.78 is 10.3. The number of ketones is 1. The summed E-state index contributed by atoms with van der Waals surface area (Å²) in [4.78, 5) is 21.9. The molecule has 0 unspecified atom stereocenters. The summed E-state index contributed by atoms with van der Waals surface area (Å²) in [6, 6.07) is 0. The van der Waals surface area contributed by atoms with Crippen LogP contribution < -0.4 is 0 Å². The third-order valence-corrected chi connectivity index (χ3v) is 2.52. The number of hydrogen-bond acceptors (Lipinski definition) is 4. The molecule has 1 rings (SSSR count). The smallest absolute Gasteiger partial charge is 0.302 e. The summed E-state index contributed by atoms with van der Waals surface area (Å²) in [5.41, 5.74) is 0. The maximum Gasteiger partial charge on any atom is 0.302 e. The lowest BCUT2D eigenvalue weighted by Gasteiger charge is -2.10. The van der Waals surface area contributed by atoms with E-state index in [1.54, 1.807) is 0 Å². The lowest BCUT2D eigenvalue weighted by molar-refractivity contribution is -0.141. The van der Waals surface area contributed by atoms with Crippen molar-refractivity contribution >= 4 is 11.8 Å². The van der Waals surface area contributed by atoms with Crippen LogP contribution in [0.25, 0.3) is 0 Å². The van der Waals surface area contributed by atoms with Crippen LogP contribution in [0.1, 0.15) is 39.5 Å². The van der Waals surface area contributed by atoms with Crippen molar-refractivity contribution in [3.63, 3.8) is 0 Å². The number of esters is 1. The third kappa shape index (κ3) is 4.00. The number of ether oxygens (including phenoxy) is 2. The van der Waals surface area contributed by atoms with Crippen LogP contribution in [0.4, 0.5) is 0 Å². The molecule has 0 saturated carbocycles. The zero-order valence-corrected chi connectivity index (χ0v) is 9.32. The lowest BCUT2D eigenvalue weighted by atomic mass is 10.1.